The van der Waals surface area contributed by atoms with Gasteiger partial charge in [0.2, 0.25) is 0 Å². The van der Waals surface area contributed by atoms with Gasteiger partial charge in [-0.1, -0.05) is 26.5 Å². The predicted octanol–water partition coefficient (Wildman–Crippen LogP) is 1.86. The Morgan fingerprint density at radius 1 is 1.58 bits per heavy atom. The molecule has 1 rings (SSSR count). The molecule has 0 spiro atoms. The van der Waals surface area contributed by atoms with E-state index in [9.17, 15) is 0 Å². The normalized spacial score (nSPS) is 35.8. The highest BCUT2D eigenvalue weighted by Gasteiger charge is 2.30. The molecule has 0 saturated carbocycles. The van der Waals surface area contributed by atoms with E-state index in [0.29, 0.717) is 12.0 Å². The van der Waals surface area contributed by atoms with Crippen molar-refractivity contribution >= 4 is 15.1 Å². The quantitative estimate of drug-likeness (QED) is 0.576. The Balaban J connectivity index is 2.33. The average Bonchev–Trinajstić information content (AvgIpc) is 2.29. The molecule has 1 nitrogen and oxygen atoms in total. The second-order valence-corrected chi connectivity index (χ2v) is 4.09. The molecule has 3 radical (unpaired) electrons. The van der Waals surface area contributed by atoms with Crippen molar-refractivity contribution in [2.45, 2.75) is 51.4 Å². The molecular weight excluding hydrogens is 146 g/mol. The summed E-state index contributed by atoms with van der Waals surface area (Å²) in [5, 5.41) is 0. The summed E-state index contributed by atoms with van der Waals surface area (Å²) in [6.45, 7) is 6.46. The fourth-order valence-electron chi connectivity index (χ4n) is 1.82. The van der Waals surface area contributed by atoms with Crippen molar-refractivity contribution in [1.29, 1.82) is 0 Å². The van der Waals surface area contributed by atoms with Crippen molar-refractivity contribution in [3.63, 3.8) is 0 Å². The molecule has 1 fully saturated rings. The van der Waals surface area contributed by atoms with E-state index in [1.165, 1.54) is 0 Å². The Labute approximate surface area is 77.9 Å². The van der Waals surface area contributed by atoms with Crippen molar-refractivity contribution in [3.8, 4) is 0 Å². The van der Waals surface area contributed by atoms with Gasteiger partial charge in [0.05, 0.1) is 14.0 Å². The zero-order valence-corrected chi connectivity index (χ0v) is 8.29. The minimum Gasteiger partial charge on any atom is -0.384 e. The van der Waals surface area contributed by atoms with Gasteiger partial charge in [-0.2, -0.15) is 0 Å². The average molecular weight is 163 g/mol. The molecule has 3 atom stereocenters. The van der Waals surface area contributed by atoms with E-state index in [4.69, 9.17) is 12.6 Å². The molecule has 1 saturated heterocycles. The minimum atomic E-state index is 0.189. The molecular formula is C9H17B2O. The Morgan fingerprint density at radius 3 is 2.67 bits per heavy atom. The second kappa shape index (κ2) is 4.36. The van der Waals surface area contributed by atoms with Gasteiger partial charge >= 0.3 is 0 Å². The summed E-state index contributed by atoms with van der Waals surface area (Å²) in [4.78, 5) is 0. The molecule has 3 unspecified atom stereocenters. The first-order chi connectivity index (χ1) is 5.63. The van der Waals surface area contributed by atoms with Crippen LogP contribution >= 0.6 is 0 Å². The van der Waals surface area contributed by atoms with Crippen LogP contribution < -0.4 is 0 Å². The lowest BCUT2D eigenvalue weighted by molar-refractivity contribution is 0.0719. The SMILES string of the molecule is [B]C1CC(CC(C)C)OC1[B]C. The van der Waals surface area contributed by atoms with Gasteiger partial charge in [0, 0.05) is 6.00 Å². The third kappa shape index (κ3) is 2.55. The van der Waals surface area contributed by atoms with E-state index < -0.39 is 0 Å². The maximum Gasteiger partial charge on any atom is 0.145 e. The van der Waals surface area contributed by atoms with Crippen LogP contribution in [0.1, 0.15) is 26.7 Å². The highest BCUT2D eigenvalue weighted by atomic mass is 16.5. The molecule has 12 heavy (non-hydrogen) atoms. The molecule has 0 aromatic heterocycles. The zero-order valence-electron chi connectivity index (χ0n) is 8.29. The molecule has 0 aromatic rings. The van der Waals surface area contributed by atoms with E-state index in [2.05, 4.69) is 21.1 Å². The highest BCUT2D eigenvalue weighted by molar-refractivity contribution is 6.38. The van der Waals surface area contributed by atoms with Gasteiger partial charge in [0.1, 0.15) is 7.28 Å². The molecule has 0 amide bonds. The topological polar surface area (TPSA) is 9.23 Å². The van der Waals surface area contributed by atoms with E-state index in [1.807, 2.05) is 6.82 Å². The van der Waals surface area contributed by atoms with E-state index in [-0.39, 0.29) is 11.8 Å². The predicted molar refractivity (Wildman–Crippen MR) is 53.9 cm³/mol. The van der Waals surface area contributed by atoms with Gasteiger partial charge in [0.25, 0.3) is 0 Å². The Bertz CT molecular complexity index is 138. The largest absolute Gasteiger partial charge is 0.384 e. The van der Waals surface area contributed by atoms with E-state index in [1.54, 1.807) is 0 Å². The van der Waals surface area contributed by atoms with Crippen molar-refractivity contribution < 1.29 is 4.74 Å². The lowest BCUT2D eigenvalue weighted by atomic mass is 9.62. The van der Waals surface area contributed by atoms with Crippen LogP contribution in [-0.2, 0) is 4.74 Å². The summed E-state index contributed by atoms with van der Waals surface area (Å²) in [6.07, 6.45) is 2.55. The summed E-state index contributed by atoms with van der Waals surface area (Å²) < 4.78 is 5.75. The Hall–Kier alpha value is 0.0899. The first-order valence-electron chi connectivity index (χ1n) is 4.84. The number of ether oxygens (including phenoxy) is 1. The van der Waals surface area contributed by atoms with Crippen LogP contribution in [0.25, 0.3) is 0 Å². The fraction of sp³-hybridized carbons (Fsp3) is 1.00. The molecule has 0 bridgehead atoms. The maximum absolute atomic E-state index is 5.90. The lowest BCUT2D eigenvalue weighted by Gasteiger charge is -2.14. The molecule has 3 heteroatoms. The minimum absolute atomic E-state index is 0.189. The van der Waals surface area contributed by atoms with Crippen LogP contribution in [0.4, 0.5) is 0 Å². The third-order valence-electron chi connectivity index (χ3n) is 2.37. The molecule has 1 heterocycles. The maximum atomic E-state index is 5.90. The summed E-state index contributed by atoms with van der Waals surface area (Å²) >= 11 is 0. The van der Waals surface area contributed by atoms with Crippen molar-refractivity contribution in [1.82, 2.24) is 0 Å². The second-order valence-electron chi connectivity index (χ2n) is 4.09. The summed E-state index contributed by atoms with van der Waals surface area (Å²) in [5.41, 5.74) is 0. The van der Waals surface area contributed by atoms with Crippen LogP contribution in [-0.4, -0.2) is 27.2 Å². The van der Waals surface area contributed by atoms with Crippen LogP contribution in [0.3, 0.4) is 0 Å². The molecule has 0 N–H and O–H groups in total. The van der Waals surface area contributed by atoms with Crippen molar-refractivity contribution in [2.24, 2.45) is 5.92 Å². The van der Waals surface area contributed by atoms with Gasteiger partial charge in [-0.15, -0.1) is 0 Å². The summed E-state index contributed by atoms with van der Waals surface area (Å²) in [7, 11) is 7.96. The van der Waals surface area contributed by atoms with Crippen LogP contribution in [0, 0.1) is 5.92 Å². The van der Waals surface area contributed by atoms with E-state index >= 15 is 0 Å². The molecule has 0 aromatic carbocycles. The number of hydrogen-bond donors (Lipinski definition) is 0. The van der Waals surface area contributed by atoms with Crippen LogP contribution in [0.5, 0.6) is 0 Å². The molecule has 1 aliphatic rings. The van der Waals surface area contributed by atoms with Crippen LogP contribution in [0.15, 0.2) is 0 Å². The fourth-order valence-corrected chi connectivity index (χ4v) is 1.82. The zero-order chi connectivity index (χ0) is 9.14. The van der Waals surface area contributed by atoms with E-state index in [0.717, 1.165) is 12.8 Å². The molecule has 65 valence electrons. The monoisotopic (exact) mass is 163 g/mol. The van der Waals surface area contributed by atoms with Gasteiger partial charge < -0.3 is 4.74 Å². The lowest BCUT2D eigenvalue weighted by Crippen LogP contribution is -2.19. The molecule has 0 aliphatic carbocycles. The molecule has 1 aliphatic heterocycles. The highest BCUT2D eigenvalue weighted by Crippen LogP contribution is 2.31. The summed E-state index contributed by atoms with van der Waals surface area (Å²) in [5.74, 6) is 0.927. The first kappa shape index (κ1) is 10.2. The Kier molecular flexibility index (Phi) is 3.70. The standard InChI is InChI=1S/C9H17B2O/c1-6(2)4-7-5-8(10)9(11-3)12-7/h6-9H,4-5H2,1-3H3. The van der Waals surface area contributed by atoms with Crippen molar-refractivity contribution in [2.75, 3.05) is 0 Å². The third-order valence-corrected chi connectivity index (χ3v) is 2.37. The number of hydrogen-bond acceptors (Lipinski definition) is 1. The van der Waals surface area contributed by atoms with Crippen molar-refractivity contribution in [3.05, 3.63) is 0 Å². The van der Waals surface area contributed by atoms with Crippen LogP contribution in [0.2, 0.25) is 12.6 Å². The van der Waals surface area contributed by atoms with Gasteiger partial charge in [-0.05, 0) is 18.8 Å². The van der Waals surface area contributed by atoms with Gasteiger partial charge in [-0.3, -0.25) is 0 Å². The van der Waals surface area contributed by atoms with Gasteiger partial charge in [-0.25, -0.2) is 0 Å². The Morgan fingerprint density at radius 2 is 2.25 bits per heavy atom. The first-order valence-corrected chi connectivity index (χ1v) is 4.84. The smallest absolute Gasteiger partial charge is 0.145 e. The van der Waals surface area contributed by atoms with Gasteiger partial charge in [0.15, 0.2) is 0 Å². The number of rotatable bonds is 3. The summed E-state index contributed by atoms with van der Waals surface area (Å²) in [6, 6.07) is 0.189.